The highest BCUT2D eigenvalue weighted by Crippen LogP contribution is 2.31. The molecule has 0 bridgehead atoms. The molecular weight excluding hydrogens is 240 g/mol. The van der Waals surface area contributed by atoms with Crippen LogP contribution in [0.25, 0.3) is 0 Å². The summed E-state index contributed by atoms with van der Waals surface area (Å²) in [6.07, 6.45) is 7.44. The van der Waals surface area contributed by atoms with E-state index in [0.717, 1.165) is 39.0 Å². The highest BCUT2D eigenvalue weighted by molar-refractivity contribution is 5.68. The van der Waals surface area contributed by atoms with Gasteiger partial charge in [0.05, 0.1) is 0 Å². The van der Waals surface area contributed by atoms with Crippen LogP contribution in [0.1, 0.15) is 33.6 Å². The zero-order valence-corrected chi connectivity index (χ0v) is 12.2. The van der Waals surface area contributed by atoms with Gasteiger partial charge in [0.25, 0.3) is 0 Å². The molecule has 2 rings (SSSR count). The fraction of sp³-hybridized carbons (Fsp3) is 0.800. The Morgan fingerprint density at radius 3 is 2.26 bits per heavy atom. The fourth-order valence-corrected chi connectivity index (χ4v) is 2.62. The van der Waals surface area contributed by atoms with Gasteiger partial charge in [0.2, 0.25) is 0 Å². The highest BCUT2D eigenvalue weighted by Gasteiger charge is 2.35. The van der Waals surface area contributed by atoms with Crippen molar-refractivity contribution in [2.45, 2.75) is 45.3 Å². The van der Waals surface area contributed by atoms with Crippen LogP contribution >= 0.6 is 0 Å². The van der Waals surface area contributed by atoms with E-state index in [2.05, 4.69) is 10.8 Å². The molecule has 0 spiro atoms. The first-order valence-corrected chi connectivity index (χ1v) is 7.07. The monoisotopic (exact) mass is 264 g/mol. The highest BCUT2D eigenvalue weighted by atomic mass is 16.6. The molecule has 0 aromatic carbocycles. The van der Waals surface area contributed by atoms with Crippen LogP contribution in [-0.2, 0) is 4.74 Å². The summed E-state index contributed by atoms with van der Waals surface area (Å²) in [6, 6.07) is 0.627. The second kappa shape index (κ2) is 5.42. The molecule has 1 heterocycles. The third kappa shape index (κ3) is 3.63. The number of ether oxygens (including phenoxy) is 1. The summed E-state index contributed by atoms with van der Waals surface area (Å²) in [4.78, 5) is 16.2. The summed E-state index contributed by atoms with van der Waals surface area (Å²) < 4.78 is 5.39. The maximum absolute atomic E-state index is 11.9. The van der Waals surface area contributed by atoms with Gasteiger partial charge in [-0.1, -0.05) is 0 Å². The Balaban J connectivity index is 1.74. The van der Waals surface area contributed by atoms with Crippen LogP contribution in [0.2, 0.25) is 0 Å². The number of terminal acetylenes is 1. The standard InChI is InChI=1S/C15H24N2O2/c1-5-12-10-13(11-12)16-6-8-17(9-7-16)14(18)19-15(2,3)4/h1,12-13H,6-11H2,2-4H3/t12-,13-. The average Bonchev–Trinajstić information content (AvgIpc) is 2.26. The molecule has 106 valence electrons. The lowest BCUT2D eigenvalue weighted by atomic mass is 9.80. The Morgan fingerprint density at radius 1 is 1.21 bits per heavy atom. The van der Waals surface area contributed by atoms with Crippen molar-refractivity contribution in [1.82, 2.24) is 9.80 Å². The Bertz CT molecular complexity index is 367. The smallest absolute Gasteiger partial charge is 0.410 e. The molecule has 0 aromatic heterocycles. The second-order valence-electron chi connectivity index (χ2n) is 6.49. The SMILES string of the molecule is C#C[C@H]1C[C@H](N2CCN(C(=O)OC(C)(C)C)CC2)C1. The Hall–Kier alpha value is -1.21. The number of rotatable bonds is 1. The first-order chi connectivity index (χ1) is 8.89. The van der Waals surface area contributed by atoms with Gasteiger partial charge in [-0.2, -0.15) is 0 Å². The zero-order valence-electron chi connectivity index (χ0n) is 12.2. The van der Waals surface area contributed by atoms with Crippen LogP contribution in [-0.4, -0.2) is 53.7 Å². The third-order valence-corrected chi connectivity index (χ3v) is 3.83. The van der Waals surface area contributed by atoms with E-state index in [1.807, 2.05) is 20.8 Å². The minimum absolute atomic E-state index is 0.192. The predicted octanol–water partition coefficient (Wildman–Crippen LogP) is 1.95. The van der Waals surface area contributed by atoms with Crippen molar-refractivity contribution < 1.29 is 9.53 Å². The molecular formula is C15H24N2O2. The van der Waals surface area contributed by atoms with E-state index in [9.17, 15) is 4.79 Å². The van der Waals surface area contributed by atoms with Crippen molar-refractivity contribution in [3.63, 3.8) is 0 Å². The molecule has 19 heavy (non-hydrogen) atoms. The van der Waals surface area contributed by atoms with E-state index in [0.29, 0.717) is 12.0 Å². The van der Waals surface area contributed by atoms with Crippen LogP contribution in [0.3, 0.4) is 0 Å². The largest absolute Gasteiger partial charge is 0.444 e. The molecule has 0 unspecified atom stereocenters. The Kier molecular flexibility index (Phi) is 4.05. The molecule has 0 aromatic rings. The van der Waals surface area contributed by atoms with Gasteiger partial charge in [0.15, 0.2) is 0 Å². The normalized spacial score (nSPS) is 28.4. The third-order valence-electron chi connectivity index (χ3n) is 3.83. The van der Waals surface area contributed by atoms with Gasteiger partial charge in [-0.3, -0.25) is 4.90 Å². The lowest BCUT2D eigenvalue weighted by molar-refractivity contribution is 0.00190. The number of amides is 1. The van der Waals surface area contributed by atoms with Crippen LogP contribution in [0.4, 0.5) is 4.79 Å². The average molecular weight is 264 g/mol. The maximum Gasteiger partial charge on any atom is 0.410 e. The second-order valence-corrected chi connectivity index (χ2v) is 6.49. The molecule has 0 radical (unpaired) electrons. The zero-order chi connectivity index (χ0) is 14.0. The molecule has 2 aliphatic rings. The summed E-state index contributed by atoms with van der Waals surface area (Å²) in [5, 5.41) is 0. The lowest BCUT2D eigenvalue weighted by Gasteiger charge is -2.45. The van der Waals surface area contributed by atoms with E-state index in [4.69, 9.17) is 11.2 Å². The first kappa shape index (κ1) is 14.2. The Labute approximate surface area is 116 Å². The van der Waals surface area contributed by atoms with E-state index in [1.54, 1.807) is 4.90 Å². The van der Waals surface area contributed by atoms with Crippen LogP contribution < -0.4 is 0 Å². The van der Waals surface area contributed by atoms with Crippen LogP contribution in [0.15, 0.2) is 0 Å². The molecule has 0 N–H and O–H groups in total. The van der Waals surface area contributed by atoms with E-state index < -0.39 is 5.60 Å². The van der Waals surface area contributed by atoms with E-state index >= 15 is 0 Å². The molecule has 1 saturated heterocycles. The summed E-state index contributed by atoms with van der Waals surface area (Å²) in [7, 11) is 0. The molecule has 4 nitrogen and oxygen atoms in total. The lowest BCUT2D eigenvalue weighted by Crippen LogP contribution is -2.55. The van der Waals surface area contributed by atoms with Crippen molar-refractivity contribution in [2.75, 3.05) is 26.2 Å². The van der Waals surface area contributed by atoms with E-state index in [-0.39, 0.29) is 6.09 Å². The van der Waals surface area contributed by atoms with Crippen molar-refractivity contribution in [3.05, 3.63) is 0 Å². The van der Waals surface area contributed by atoms with Gasteiger partial charge in [-0.05, 0) is 33.6 Å². The summed E-state index contributed by atoms with van der Waals surface area (Å²) in [5.41, 5.74) is -0.414. The number of nitrogens with zero attached hydrogens (tertiary/aromatic N) is 2. The summed E-state index contributed by atoms with van der Waals surface area (Å²) >= 11 is 0. The van der Waals surface area contributed by atoms with Crippen molar-refractivity contribution in [2.24, 2.45) is 5.92 Å². The van der Waals surface area contributed by atoms with Gasteiger partial charge in [0, 0.05) is 38.1 Å². The minimum atomic E-state index is -0.414. The summed E-state index contributed by atoms with van der Waals surface area (Å²) in [6.45, 7) is 9.07. The minimum Gasteiger partial charge on any atom is -0.444 e. The molecule has 1 amide bonds. The molecule has 1 aliphatic carbocycles. The van der Waals surface area contributed by atoms with Gasteiger partial charge in [-0.25, -0.2) is 4.79 Å². The molecule has 0 atom stereocenters. The molecule has 1 aliphatic heterocycles. The van der Waals surface area contributed by atoms with Crippen LogP contribution in [0, 0.1) is 18.3 Å². The molecule has 4 heteroatoms. The number of piperazine rings is 1. The topological polar surface area (TPSA) is 32.8 Å². The molecule has 1 saturated carbocycles. The number of carbonyl (C=O) groups is 1. The van der Waals surface area contributed by atoms with Crippen LogP contribution in [0.5, 0.6) is 0 Å². The quantitative estimate of drug-likeness (QED) is 0.679. The van der Waals surface area contributed by atoms with Crippen molar-refractivity contribution in [3.8, 4) is 12.3 Å². The fourth-order valence-electron chi connectivity index (χ4n) is 2.62. The number of carbonyl (C=O) groups excluding carboxylic acids is 1. The maximum atomic E-state index is 11.9. The van der Waals surface area contributed by atoms with Gasteiger partial charge < -0.3 is 9.64 Å². The summed E-state index contributed by atoms with van der Waals surface area (Å²) in [5.74, 6) is 3.28. The van der Waals surface area contributed by atoms with E-state index in [1.165, 1.54) is 0 Å². The first-order valence-electron chi connectivity index (χ1n) is 7.07. The Morgan fingerprint density at radius 2 is 1.79 bits per heavy atom. The van der Waals surface area contributed by atoms with Gasteiger partial charge in [0.1, 0.15) is 5.60 Å². The van der Waals surface area contributed by atoms with Crippen molar-refractivity contribution >= 4 is 6.09 Å². The predicted molar refractivity (Wildman–Crippen MR) is 74.7 cm³/mol. The number of hydrogen-bond acceptors (Lipinski definition) is 3. The number of hydrogen-bond donors (Lipinski definition) is 0. The van der Waals surface area contributed by atoms with Gasteiger partial charge >= 0.3 is 6.09 Å². The molecule has 2 fully saturated rings. The van der Waals surface area contributed by atoms with Crippen molar-refractivity contribution in [1.29, 1.82) is 0 Å². The van der Waals surface area contributed by atoms with Gasteiger partial charge in [-0.15, -0.1) is 12.3 Å².